The number of benzene rings is 1. The van der Waals surface area contributed by atoms with Gasteiger partial charge in [-0.15, -0.1) is 0 Å². The Morgan fingerprint density at radius 2 is 1.81 bits per heavy atom. The Morgan fingerprint density at radius 3 is 2.25 bits per heavy atom. The number of rotatable bonds is 4. The molecule has 0 aromatic heterocycles. The molecule has 0 saturated heterocycles. The van der Waals surface area contributed by atoms with E-state index in [1.54, 1.807) is 12.1 Å². The van der Waals surface area contributed by atoms with Crippen molar-refractivity contribution in [3.05, 3.63) is 35.4 Å². The molecule has 0 radical (unpaired) electrons. The van der Waals surface area contributed by atoms with Crippen molar-refractivity contribution in [3.8, 4) is 0 Å². The molecule has 1 unspecified atom stereocenters. The van der Waals surface area contributed by atoms with Crippen molar-refractivity contribution >= 4 is 0 Å². The summed E-state index contributed by atoms with van der Waals surface area (Å²) < 4.78 is 36.5. The molecule has 90 valence electrons. The van der Waals surface area contributed by atoms with E-state index in [2.05, 4.69) is 5.32 Å². The van der Waals surface area contributed by atoms with Crippen molar-refractivity contribution in [1.29, 1.82) is 0 Å². The van der Waals surface area contributed by atoms with Crippen LogP contribution in [0.5, 0.6) is 0 Å². The van der Waals surface area contributed by atoms with Crippen LogP contribution in [-0.2, 0) is 6.42 Å². The highest BCUT2D eigenvalue weighted by Crippen LogP contribution is 2.32. The van der Waals surface area contributed by atoms with Crippen molar-refractivity contribution < 1.29 is 18.3 Å². The lowest BCUT2D eigenvalue weighted by Gasteiger charge is -2.14. The van der Waals surface area contributed by atoms with E-state index in [1.807, 2.05) is 7.05 Å². The maximum atomic E-state index is 12.2. The standard InChI is InChI=1S/C11H14F3NO/c1-15-7-6-8-2-4-9(5-3-8)10(16)11(12,13)14/h2-5,10,15-16H,6-7H2,1H3. The quantitative estimate of drug-likeness (QED) is 0.834. The lowest BCUT2D eigenvalue weighted by molar-refractivity contribution is -0.206. The van der Waals surface area contributed by atoms with Crippen LogP contribution in [0.3, 0.4) is 0 Å². The summed E-state index contributed by atoms with van der Waals surface area (Å²) in [4.78, 5) is 0. The molecule has 1 aromatic carbocycles. The van der Waals surface area contributed by atoms with E-state index in [4.69, 9.17) is 5.11 Å². The number of likely N-dealkylation sites (N-methyl/N-ethyl adjacent to an activating group) is 1. The molecule has 0 aliphatic carbocycles. The lowest BCUT2D eigenvalue weighted by Crippen LogP contribution is -2.20. The molecule has 0 amide bonds. The zero-order chi connectivity index (χ0) is 12.2. The van der Waals surface area contributed by atoms with Gasteiger partial charge in [-0.3, -0.25) is 0 Å². The van der Waals surface area contributed by atoms with Crippen molar-refractivity contribution in [2.24, 2.45) is 0 Å². The predicted octanol–water partition coefficient (Wildman–Crippen LogP) is 2.04. The number of aliphatic hydroxyl groups excluding tert-OH is 1. The predicted molar refractivity (Wildman–Crippen MR) is 55.1 cm³/mol. The largest absolute Gasteiger partial charge is 0.418 e. The summed E-state index contributed by atoms with van der Waals surface area (Å²) >= 11 is 0. The third kappa shape index (κ3) is 3.50. The molecule has 1 rings (SSSR count). The Hall–Kier alpha value is -1.07. The van der Waals surface area contributed by atoms with Gasteiger partial charge in [0, 0.05) is 0 Å². The second-order valence-electron chi connectivity index (χ2n) is 3.54. The molecule has 0 aliphatic heterocycles. The van der Waals surface area contributed by atoms with E-state index in [0.717, 1.165) is 18.5 Å². The summed E-state index contributed by atoms with van der Waals surface area (Å²) in [6, 6.07) is 5.82. The molecule has 0 heterocycles. The topological polar surface area (TPSA) is 32.3 Å². The van der Waals surface area contributed by atoms with Crippen LogP contribution in [0.4, 0.5) is 13.2 Å². The molecule has 1 aromatic rings. The fourth-order valence-corrected chi connectivity index (χ4v) is 1.32. The maximum Gasteiger partial charge on any atom is 0.418 e. The highest BCUT2D eigenvalue weighted by molar-refractivity contribution is 5.25. The van der Waals surface area contributed by atoms with E-state index >= 15 is 0 Å². The minimum absolute atomic E-state index is 0.124. The van der Waals surface area contributed by atoms with Gasteiger partial charge in [0.1, 0.15) is 0 Å². The Morgan fingerprint density at radius 1 is 1.25 bits per heavy atom. The van der Waals surface area contributed by atoms with E-state index in [-0.39, 0.29) is 5.56 Å². The Kier molecular flexibility index (Phi) is 4.32. The number of halogens is 3. The summed E-state index contributed by atoms with van der Waals surface area (Å²) in [7, 11) is 1.81. The van der Waals surface area contributed by atoms with Crippen molar-refractivity contribution in [2.45, 2.75) is 18.7 Å². The van der Waals surface area contributed by atoms with Crippen LogP contribution in [0, 0.1) is 0 Å². The summed E-state index contributed by atoms with van der Waals surface area (Å²) in [5.41, 5.74) is 0.813. The second kappa shape index (κ2) is 5.32. The molecule has 0 spiro atoms. The van der Waals surface area contributed by atoms with Gasteiger partial charge in [-0.1, -0.05) is 24.3 Å². The molecule has 1 atom stereocenters. The highest BCUT2D eigenvalue weighted by atomic mass is 19.4. The van der Waals surface area contributed by atoms with Gasteiger partial charge in [-0.25, -0.2) is 0 Å². The molecule has 0 fully saturated rings. The number of hydrogen-bond donors (Lipinski definition) is 2. The van der Waals surface area contributed by atoms with Crippen LogP contribution >= 0.6 is 0 Å². The fraction of sp³-hybridized carbons (Fsp3) is 0.455. The van der Waals surface area contributed by atoms with Crippen molar-refractivity contribution in [2.75, 3.05) is 13.6 Å². The molecule has 16 heavy (non-hydrogen) atoms. The van der Waals surface area contributed by atoms with Crippen LogP contribution in [0.1, 0.15) is 17.2 Å². The molecule has 0 saturated carbocycles. The monoisotopic (exact) mass is 233 g/mol. The molecule has 0 aliphatic rings. The Balaban J connectivity index is 2.71. The normalized spacial score (nSPS) is 13.8. The van der Waals surface area contributed by atoms with E-state index in [0.29, 0.717) is 0 Å². The Labute approximate surface area is 92.1 Å². The number of alkyl halides is 3. The number of hydrogen-bond acceptors (Lipinski definition) is 2. The average Bonchev–Trinajstić information content (AvgIpc) is 2.25. The Bertz CT molecular complexity index is 321. The molecular weight excluding hydrogens is 219 g/mol. The van der Waals surface area contributed by atoms with Gasteiger partial charge in [0.15, 0.2) is 6.10 Å². The third-order valence-corrected chi connectivity index (χ3v) is 2.27. The van der Waals surface area contributed by atoms with Gasteiger partial charge < -0.3 is 10.4 Å². The first-order valence-corrected chi connectivity index (χ1v) is 4.93. The van der Waals surface area contributed by atoms with Gasteiger partial charge in [-0.2, -0.15) is 13.2 Å². The van der Waals surface area contributed by atoms with Crippen molar-refractivity contribution in [1.82, 2.24) is 5.32 Å². The smallest absolute Gasteiger partial charge is 0.379 e. The van der Waals surface area contributed by atoms with E-state index in [1.165, 1.54) is 12.1 Å². The SMILES string of the molecule is CNCCc1ccc(C(O)C(F)(F)F)cc1. The van der Waals surface area contributed by atoms with Gasteiger partial charge in [0.25, 0.3) is 0 Å². The highest BCUT2D eigenvalue weighted by Gasteiger charge is 2.39. The van der Waals surface area contributed by atoms with Gasteiger partial charge >= 0.3 is 6.18 Å². The lowest BCUT2D eigenvalue weighted by atomic mass is 10.1. The van der Waals surface area contributed by atoms with Crippen molar-refractivity contribution in [3.63, 3.8) is 0 Å². The maximum absolute atomic E-state index is 12.2. The molecule has 2 N–H and O–H groups in total. The first-order valence-electron chi connectivity index (χ1n) is 4.93. The molecule has 5 heteroatoms. The third-order valence-electron chi connectivity index (χ3n) is 2.27. The van der Waals surface area contributed by atoms with Crippen LogP contribution in [0.15, 0.2) is 24.3 Å². The van der Waals surface area contributed by atoms with Gasteiger partial charge in [-0.05, 0) is 31.1 Å². The zero-order valence-corrected chi connectivity index (χ0v) is 8.88. The minimum Gasteiger partial charge on any atom is -0.379 e. The van der Waals surface area contributed by atoms with E-state index < -0.39 is 12.3 Å². The summed E-state index contributed by atoms with van der Waals surface area (Å²) in [5.74, 6) is 0. The van der Waals surface area contributed by atoms with Crippen LogP contribution in [-0.4, -0.2) is 24.9 Å². The number of aliphatic hydroxyl groups is 1. The van der Waals surface area contributed by atoms with E-state index in [9.17, 15) is 13.2 Å². The molecular formula is C11H14F3NO. The second-order valence-corrected chi connectivity index (χ2v) is 3.54. The van der Waals surface area contributed by atoms with Crippen LogP contribution in [0.2, 0.25) is 0 Å². The molecule has 0 bridgehead atoms. The fourth-order valence-electron chi connectivity index (χ4n) is 1.32. The first kappa shape index (κ1) is 13.0. The van der Waals surface area contributed by atoms with Gasteiger partial charge in [0.2, 0.25) is 0 Å². The summed E-state index contributed by atoms with van der Waals surface area (Å²) in [6.45, 7) is 0.765. The molecule has 2 nitrogen and oxygen atoms in total. The first-order chi connectivity index (χ1) is 7.45. The van der Waals surface area contributed by atoms with Crippen LogP contribution < -0.4 is 5.32 Å². The summed E-state index contributed by atoms with van der Waals surface area (Å²) in [6.07, 6.45) is -6.25. The van der Waals surface area contributed by atoms with Gasteiger partial charge in [0.05, 0.1) is 0 Å². The minimum atomic E-state index is -4.60. The number of nitrogens with one attached hydrogen (secondary N) is 1. The summed E-state index contributed by atoms with van der Waals surface area (Å²) in [5, 5.41) is 11.9. The average molecular weight is 233 g/mol. The zero-order valence-electron chi connectivity index (χ0n) is 8.88. The van der Waals surface area contributed by atoms with Crippen LogP contribution in [0.25, 0.3) is 0 Å².